The molecule has 0 N–H and O–H groups in total. The Balaban J connectivity index is 3.80. The van der Waals surface area contributed by atoms with Crippen molar-refractivity contribution >= 4 is 33.7 Å². The summed E-state index contributed by atoms with van der Waals surface area (Å²) in [5.74, 6) is 1.19. The molecule has 0 spiro atoms. The minimum atomic E-state index is -0.213. The van der Waals surface area contributed by atoms with Crippen molar-refractivity contribution < 1.29 is 9.59 Å². The molecule has 0 bridgehead atoms. The van der Waals surface area contributed by atoms with Crippen molar-refractivity contribution in [2.75, 3.05) is 0 Å². The van der Waals surface area contributed by atoms with Crippen LogP contribution in [0, 0.1) is 23.7 Å². The van der Waals surface area contributed by atoms with E-state index in [1.165, 1.54) is 44.9 Å². The first kappa shape index (κ1) is 24.9. The topological polar surface area (TPSA) is 34.1 Å². The van der Waals surface area contributed by atoms with E-state index >= 15 is 0 Å². The summed E-state index contributed by atoms with van der Waals surface area (Å²) in [5.41, 5.74) is 0. The van der Waals surface area contributed by atoms with Crippen LogP contribution in [0.1, 0.15) is 98.3 Å². The highest BCUT2D eigenvalue weighted by molar-refractivity contribution is 6.64. The van der Waals surface area contributed by atoms with Crippen LogP contribution in [0.2, 0.25) is 0 Å². The number of hydrogen-bond donors (Lipinski definition) is 0. The minimum Gasteiger partial charge on any atom is -0.281 e. The van der Waals surface area contributed by atoms with Gasteiger partial charge in [-0.1, -0.05) is 79.1 Å². The monoisotopic (exact) mass is 392 g/mol. The molecule has 2 nitrogen and oxygen atoms in total. The first-order valence-electron chi connectivity index (χ1n) is 10.1. The van der Waals surface area contributed by atoms with Gasteiger partial charge in [-0.25, -0.2) is 0 Å². The molecule has 0 rings (SSSR count). The third kappa shape index (κ3) is 12.8. The molecule has 0 aromatic rings. The largest absolute Gasteiger partial charge is 0.281 e. The summed E-state index contributed by atoms with van der Waals surface area (Å²) in [6.07, 6.45) is 12.4. The van der Waals surface area contributed by atoms with Gasteiger partial charge in [-0.15, -0.1) is 0 Å². The Hall–Kier alpha value is -0.0800. The average molecular weight is 393 g/mol. The van der Waals surface area contributed by atoms with Gasteiger partial charge in [0.15, 0.2) is 0 Å². The Morgan fingerprint density at radius 2 is 1.12 bits per heavy atom. The van der Waals surface area contributed by atoms with E-state index < -0.39 is 0 Å². The van der Waals surface area contributed by atoms with Crippen molar-refractivity contribution in [1.82, 2.24) is 0 Å². The van der Waals surface area contributed by atoms with Crippen LogP contribution in [0.15, 0.2) is 0 Å². The van der Waals surface area contributed by atoms with E-state index in [0.29, 0.717) is 24.2 Å². The van der Waals surface area contributed by atoms with Crippen molar-refractivity contribution in [2.45, 2.75) is 98.3 Å². The maximum absolute atomic E-state index is 11.8. The van der Waals surface area contributed by atoms with Gasteiger partial charge in [-0.2, -0.15) is 0 Å². The quantitative estimate of drug-likeness (QED) is 0.203. The second-order valence-corrected chi connectivity index (χ2v) is 8.85. The van der Waals surface area contributed by atoms with Gasteiger partial charge < -0.3 is 0 Å². The van der Waals surface area contributed by atoms with Crippen molar-refractivity contribution in [3.05, 3.63) is 0 Å². The highest BCUT2D eigenvalue weighted by Crippen LogP contribution is 2.33. The third-order valence-corrected chi connectivity index (χ3v) is 5.65. The van der Waals surface area contributed by atoms with E-state index in [-0.39, 0.29) is 16.4 Å². The highest BCUT2D eigenvalue weighted by Gasteiger charge is 2.31. The van der Waals surface area contributed by atoms with Crippen LogP contribution in [0.5, 0.6) is 0 Å². The molecule has 2 atom stereocenters. The molecule has 148 valence electrons. The summed E-state index contributed by atoms with van der Waals surface area (Å²) in [7, 11) is 0. The number of hydrogen-bond acceptors (Lipinski definition) is 2. The zero-order chi connectivity index (χ0) is 19.2. The number of carbonyl (C=O) groups is 2. The van der Waals surface area contributed by atoms with Crippen LogP contribution < -0.4 is 0 Å². The summed E-state index contributed by atoms with van der Waals surface area (Å²) >= 11 is 11.2. The zero-order valence-electron chi connectivity index (χ0n) is 16.7. The Morgan fingerprint density at radius 1 is 0.680 bits per heavy atom. The van der Waals surface area contributed by atoms with Gasteiger partial charge >= 0.3 is 0 Å². The number of rotatable bonds is 16. The highest BCUT2D eigenvalue weighted by atomic mass is 35.5. The molecule has 25 heavy (non-hydrogen) atoms. The van der Waals surface area contributed by atoms with Crippen LogP contribution in [0.25, 0.3) is 0 Å². The first-order chi connectivity index (χ1) is 11.8. The van der Waals surface area contributed by atoms with Crippen molar-refractivity contribution in [1.29, 1.82) is 0 Å². The lowest BCUT2D eigenvalue weighted by atomic mass is 9.75. The predicted molar refractivity (Wildman–Crippen MR) is 109 cm³/mol. The van der Waals surface area contributed by atoms with Crippen LogP contribution >= 0.6 is 23.2 Å². The van der Waals surface area contributed by atoms with E-state index in [2.05, 4.69) is 27.7 Å². The summed E-state index contributed by atoms with van der Waals surface area (Å²) in [6, 6.07) is 0. The molecule has 0 aliphatic carbocycles. The van der Waals surface area contributed by atoms with Gasteiger partial charge in [-0.05, 0) is 53.8 Å². The normalized spacial score (nSPS) is 14.1. The maximum atomic E-state index is 11.8. The number of unbranched alkanes of at least 4 members (excludes halogenated alkanes) is 8. The Kier molecular flexibility index (Phi) is 15.0. The van der Waals surface area contributed by atoms with Crippen molar-refractivity contribution in [3.8, 4) is 0 Å². The molecule has 0 aromatic heterocycles. The van der Waals surface area contributed by atoms with Crippen molar-refractivity contribution in [2.24, 2.45) is 23.7 Å². The predicted octanol–water partition coefficient (Wildman–Crippen LogP) is 7.35. The van der Waals surface area contributed by atoms with Crippen LogP contribution in [0.3, 0.4) is 0 Å². The lowest BCUT2D eigenvalue weighted by Crippen LogP contribution is -2.29. The first-order valence-corrected chi connectivity index (χ1v) is 10.9. The molecule has 0 saturated heterocycles. The molecular formula is C21H38Cl2O2. The van der Waals surface area contributed by atoms with E-state index in [1.807, 2.05) is 0 Å². The molecule has 0 aliphatic rings. The Bertz CT molecular complexity index is 367. The fraction of sp³-hybridized carbons (Fsp3) is 0.905. The number of halogens is 2. The van der Waals surface area contributed by atoms with Gasteiger partial charge in [0.2, 0.25) is 10.5 Å². The van der Waals surface area contributed by atoms with E-state index in [1.54, 1.807) is 0 Å². The summed E-state index contributed by atoms with van der Waals surface area (Å²) in [4.78, 5) is 22.4. The van der Waals surface area contributed by atoms with Gasteiger partial charge in [0.1, 0.15) is 0 Å². The molecule has 0 saturated carbocycles. The number of carbonyl (C=O) groups excluding carboxylic acids is 2. The fourth-order valence-electron chi connectivity index (χ4n) is 3.73. The van der Waals surface area contributed by atoms with Crippen molar-refractivity contribution in [3.63, 3.8) is 0 Å². The second-order valence-electron chi connectivity index (χ2n) is 8.06. The molecule has 2 unspecified atom stereocenters. The molecule has 4 heteroatoms. The summed E-state index contributed by atoms with van der Waals surface area (Å²) in [6.45, 7) is 8.61. The van der Waals surface area contributed by atoms with Crippen LogP contribution in [0.4, 0.5) is 0 Å². The fourth-order valence-corrected chi connectivity index (χ4v) is 4.28. The van der Waals surface area contributed by atoms with E-state index in [4.69, 9.17) is 23.2 Å². The smallest absolute Gasteiger partial charge is 0.225 e. The molecule has 0 amide bonds. The molecule has 0 radical (unpaired) electrons. The Morgan fingerprint density at radius 3 is 1.48 bits per heavy atom. The summed E-state index contributed by atoms with van der Waals surface area (Å²) < 4.78 is 0. The van der Waals surface area contributed by atoms with E-state index in [9.17, 15) is 9.59 Å². The van der Waals surface area contributed by atoms with Crippen LogP contribution in [-0.2, 0) is 9.59 Å². The lowest BCUT2D eigenvalue weighted by molar-refractivity contribution is -0.119. The Labute approximate surface area is 165 Å². The van der Waals surface area contributed by atoms with Crippen LogP contribution in [-0.4, -0.2) is 10.5 Å². The molecule has 0 aliphatic heterocycles. The zero-order valence-corrected chi connectivity index (χ0v) is 18.2. The van der Waals surface area contributed by atoms with Gasteiger partial charge in [-0.3, -0.25) is 9.59 Å². The molecule has 0 aromatic carbocycles. The molecule has 0 fully saturated rings. The minimum absolute atomic E-state index is 0.0125. The van der Waals surface area contributed by atoms with Gasteiger partial charge in [0.05, 0.1) is 0 Å². The third-order valence-electron chi connectivity index (χ3n) is 5.21. The van der Waals surface area contributed by atoms with E-state index in [0.717, 1.165) is 19.3 Å². The summed E-state index contributed by atoms with van der Waals surface area (Å²) in [5, 5.41) is -0.375. The SMILES string of the molecule is CC(C)C(CCCCCCCCCCCC(=O)Cl)C(C(=O)Cl)C(C)C. The molecular weight excluding hydrogens is 355 g/mol. The average Bonchev–Trinajstić information content (AvgIpc) is 2.49. The lowest BCUT2D eigenvalue weighted by Gasteiger charge is -2.30. The van der Waals surface area contributed by atoms with Gasteiger partial charge in [0, 0.05) is 12.3 Å². The molecule has 0 heterocycles. The standard InChI is InChI=1S/C21H38Cl2O2/c1-16(2)18(20(17(3)4)21(23)25)14-12-10-8-6-5-7-9-11-13-15-19(22)24/h16-18,20H,5-15H2,1-4H3. The van der Waals surface area contributed by atoms with Gasteiger partial charge in [0.25, 0.3) is 0 Å². The maximum Gasteiger partial charge on any atom is 0.225 e. The second kappa shape index (κ2) is 15.0.